The number of carboxylic acid groups (broad SMARTS) is 1. The molecule has 1 fully saturated rings. The van der Waals surface area contributed by atoms with Gasteiger partial charge in [-0.3, -0.25) is 29.1 Å². The van der Waals surface area contributed by atoms with Crippen molar-refractivity contribution >= 4 is 69.9 Å². The van der Waals surface area contributed by atoms with Crippen LogP contribution in [0.5, 0.6) is 5.75 Å². The van der Waals surface area contributed by atoms with E-state index in [1.54, 1.807) is 6.92 Å². The molecule has 6 rings (SSSR count). The smallest absolute Gasteiger partial charge is 0.339 e. The van der Waals surface area contributed by atoms with Crippen LogP contribution in [0.25, 0.3) is 0 Å². The molecule has 4 N–H and O–H groups in total. The van der Waals surface area contributed by atoms with Crippen molar-refractivity contribution in [2.75, 3.05) is 24.0 Å². The van der Waals surface area contributed by atoms with E-state index in [0.29, 0.717) is 35.3 Å². The maximum atomic E-state index is 14.4. The monoisotopic (exact) mass is 841 g/mol. The van der Waals surface area contributed by atoms with Crippen LogP contribution in [0.1, 0.15) is 73.0 Å². The molecule has 294 valence electrons. The molecule has 15 nitrogen and oxygen atoms in total. The van der Waals surface area contributed by atoms with E-state index < -0.39 is 65.8 Å². The number of aromatic nitrogens is 1. The first-order chi connectivity index (χ1) is 25.7. The summed E-state index contributed by atoms with van der Waals surface area (Å²) in [6.45, 7) is 1.19. The number of halogens is 3. The highest BCUT2D eigenvalue weighted by atomic mass is 35.5. The number of benzene rings is 2. The van der Waals surface area contributed by atoms with Crippen LogP contribution in [0.4, 0.5) is 10.1 Å². The maximum absolute atomic E-state index is 14.4. The topological polar surface area (TPSA) is 231 Å². The van der Waals surface area contributed by atoms with Gasteiger partial charge in [-0.25, -0.2) is 17.7 Å². The highest BCUT2D eigenvalue weighted by Gasteiger charge is 2.41. The molecule has 3 aromatic rings. The van der Waals surface area contributed by atoms with Gasteiger partial charge in [0.25, 0.3) is 11.8 Å². The lowest BCUT2D eigenvalue weighted by Crippen LogP contribution is -2.32. The number of rotatable bonds is 11. The Hall–Kier alpha value is -4.40. The van der Waals surface area contributed by atoms with Gasteiger partial charge in [-0.15, -0.1) is 6.42 Å². The molecule has 55 heavy (non-hydrogen) atoms. The molecule has 1 aliphatic heterocycles. The number of terminal acetylenes is 1. The van der Waals surface area contributed by atoms with Gasteiger partial charge in [0.2, 0.25) is 0 Å². The number of ether oxygens (including phenoxy) is 1. The van der Waals surface area contributed by atoms with Crippen LogP contribution in [-0.2, 0) is 28.8 Å². The molecular weight excluding hydrogens is 807 g/mol. The van der Waals surface area contributed by atoms with Gasteiger partial charge in [-0.1, -0.05) is 34.3 Å². The van der Waals surface area contributed by atoms with Gasteiger partial charge in [0, 0.05) is 40.0 Å². The molecule has 0 spiro atoms. The van der Waals surface area contributed by atoms with Crippen molar-refractivity contribution in [3.63, 3.8) is 0 Å². The van der Waals surface area contributed by atoms with Crippen LogP contribution in [0.2, 0.25) is 10.0 Å². The summed E-state index contributed by atoms with van der Waals surface area (Å²) in [5, 5.41) is 14.0. The van der Waals surface area contributed by atoms with Crippen LogP contribution in [0, 0.1) is 18.2 Å². The molecule has 1 aromatic heterocycles. The van der Waals surface area contributed by atoms with Gasteiger partial charge in [0.05, 0.1) is 40.2 Å². The summed E-state index contributed by atoms with van der Waals surface area (Å²) in [7, 11) is -7.66. The SMILES string of the molecule is C#CC(C)Oc1cc(N2C(=O)C3=C(CCCC3)C2=O)c(F)cc1Cl.CS(=O)(=O)c1cc(Cl)ccc1C(=O)c1cnoc1C1CC1.O=C(O)CNCP(=O)(O)O. The van der Waals surface area contributed by atoms with Crippen molar-refractivity contribution in [3.8, 4) is 18.1 Å². The molecule has 2 aliphatic carbocycles. The third-order valence-corrected chi connectivity index (χ3v) is 10.4. The van der Waals surface area contributed by atoms with E-state index in [2.05, 4.69) is 16.4 Å². The van der Waals surface area contributed by atoms with Crippen molar-refractivity contribution in [2.24, 2.45) is 0 Å². The Balaban J connectivity index is 0.000000199. The summed E-state index contributed by atoms with van der Waals surface area (Å²) >= 11 is 11.8. The molecule has 3 aliphatic rings. The van der Waals surface area contributed by atoms with Crippen molar-refractivity contribution in [3.05, 3.63) is 80.4 Å². The first kappa shape index (κ1) is 43.3. The summed E-state index contributed by atoms with van der Waals surface area (Å²) in [6.07, 6.45) is 11.2. The van der Waals surface area contributed by atoms with Crippen LogP contribution >= 0.6 is 30.8 Å². The maximum Gasteiger partial charge on any atom is 0.339 e. The summed E-state index contributed by atoms with van der Waals surface area (Å²) in [6, 6.07) is 6.47. The average molecular weight is 843 g/mol. The number of amides is 2. The summed E-state index contributed by atoms with van der Waals surface area (Å²) in [5.74, 6) is 0.000375. The number of ketones is 1. The fourth-order valence-corrected chi connectivity index (χ4v) is 7.20. The Morgan fingerprint density at radius 3 is 2.27 bits per heavy atom. The normalized spacial score (nSPS) is 15.9. The number of aliphatic carboxylic acids is 1. The number of anilines is 1. The number of hydrogen-bond acceptors (Lipinski definition) is 11. The zero-order valence-electron chi connectivity index (χ0n) is 29.3. The largest absolute Gasteiger partial charge is 0.480 e. The zero-order valence-corrected chi connectivity index (χ0v) is 32.5. The average Bonchev–Trinajstić information content (AvgIpc) is 3.78. The zero-order chi connectivity index (χ0) is 40.8. The summed E-state index contributed by atoms with van der Waals surface area (Å²) < 4.78 is 58.7. The standard InChI is InChI=1S/C18H15ClFNO3.C14H12ClNO4S.C3H8NO5P/c1-3-10(2)24-16-9-15(14(20)8-13(16)19)21-17(22)11-6-4-5-7-12(11)18(21)23;1-21(18,19)12-6-9(15)4-5-10(12)13(17)11-7-16-20-14(11)8-2-3-8;5-3(6)1-4-2-10(7,8)9/h1,8-10H,4-7H2,2H3;4-8H,2-3H2,1H3;4H,1-2H2,(H,5,6)(H2,7,8,9). The Kier molecular flexibility index (Phi) is 14.2. The predicted octanol–water partition coefficient (Wildman–Crippen LogP) is 5.26. The van der Waals surface area contributed by atoms with Crippen LogP contribution in [0.15, 0.2) is 57.1 Å². The van der Waals surface area contributed by atoms with Crippen molar-refractivity contribution in [2.45, 2.75) is 62.4 Å². The van der Waals surface area contributed by atoms with Crippen molar-refractivity contribution in [1.29, 1.82) is 0 Å². The predicted molar refractivity (Wildman–Crippen MR) is 197 cm³/mol. The number of nitrogens with one attached hydrogen (secondary N) is 1. The van der Waals surface area contributed by atoms with Crippen molar-refractivity contribution < 1.29 is 60.7 Å². The minimum atomic E-state index is -4.10. The molecule has 2 heterocycles. The van der Waals surface area contributed by atoms with Gasteiger partial charge in [-0.05, 0) is 69.7 Å². The van der Waals surface area contributed by atoms with Gasteiger partial charge in [-0.2, -0.15) is 0 Å². The number of nitrogens with zero attached hydrogens (tertiary/aromatic N) is 2. The second-order valence-electron chi connectivity index (χ2n) is 12.5. The number of sulfone groups is 1. The number of hydrogen-bond donors (Lipinski definition) is 4. The fraction of sp³-hybridized carbons (Fsp3) is 0.343. The van der Waals surface area contributed by atoms with Gasteiger partial charge in [0.1, 0.15) is 11.6 Å². The number of carbonyl (C=O) groups is 4. The fourth-order valence-electron chi connectivity index (χ4n) is 5.47. The number of carbonyl (C=O) groups excluding carboxylic acids is 3. The molecule has 1 saturated carbocycles. The van der Waals surface area contributed by atoms with Gasteiger partial charge >= 0.3 is 13.6 Å². The molecule has 1 atom stereocenters. The Bertz CT molecular complexity index is 2220. The van der Waals surface area contributed by atoms with Crippen molar-refractivity contribution in [1.82, 2.24) is 10.5 Å². The number of carboxylic acids is 1. The summed E-state index contributed by atoms with van der Waals surface area (Å²) in [5.41, 5.74) is 1.22. The molecule has 20 heteroatoms. The highest BCUT2D eigenvalue weighted by Crippen LogP contribution is 2.43. The highest BCUT2D eigenvalue weighted by molar-refractivity contribution is 7.90. The molecule has 0 bridgehead atoms. The first-order valence-electron chi connectivity index (χ1n) is 16.4. The lowest BCUT2D eigenvalue weighted by Gasteiger charge is -2.19. The molecule has 0 radical (unpaired) electrons. The molecule has 2 amide bonds. The van der Waals surface area contributed by atoms with E-state index in [-0.39, 0.29) is 37.9 Å². The van der Waals surface area contributed by atoms with Crippen LogP contribution in [-0.4, -0.2) is 77.2 Å². The van der Waals surface area contributed by atoms with Crippen LogP contribution in [0.3, 0.4) is 0 Å². The van der Waals surface area contributed by atoms with E-state index >= 15 is 0 Å². The molecular formula is C35H35Cl2FN3O12PS. The molecule has 1 unspecified atom stereocenters. The minimum absolute atomic E-state index is 0.0233. The molecule has 0 saturated heterocycles. The Labute approximate surface area is 324 Å². The van der Waals surface area contributed by atoms with E-state index in [9.17, 15) is 36.6 Å². The van der Waals surface area contributed by atoms with E-state index in [1.807, 2.05) is 0 Å². The third kappa shape index (κ3) is 11.3. The third-order valence-electron chi connectivity index (χ3n) is 8.14. The minimum Gasteiger partial charge on any atom is -0.480 e. The number of imide groups is 1. The molecule has 2 aromatic carbocycles. The van der Waals surface area contributed by atoms with E-state index in [4.69, 9.17) is 53.8 Å². The van der Waals surface area contributed by atoms with E-state index in [0.717, 1.165) is 42.9 Å². The second-order valence-corrected chi connectivity index (χ2v) is 17.0. The Morgan fingerprint density at radius 1 is 1.13 bits per heavy atom. The van der Waals surface area contributed by atoms with E-state index in [1.165, 1.54) is 30.5 Å². The second kappa shape index (κ2) is 18.0. The van der Waals surface area contributed by atoms with Gasteiger partial charge < -0.3 is 24.2 Å². The van der Waals surface area contributed by atoms with Crippen LogP contribution < -0.4 is 15.0 Å². The van der Waals surface area contributed by atoms with Gasteiger partial charge in [0.15, 0.2) is 27.5 Å². The Morgan fingerprint density at radius 2 is 1.75 bits per heavy atom. The lowest BCUT2D eigenvalue weighted by atomic mass is 9.93. The first-order valence-corrected chi connectivity index (χ1v) is 20.9. The summed E-state index contributed by atoms with van der Waals surface area (Å²) in [4.78, 5) is 64.7. The quantitative estimate of drug-likeness (QED) is 0.0836. The lowest BCUT2D eigenvalue weighted by molar-refractivity contribution is -0.136.